The van der Waals surface area contributed by atoms with Gasteiger partial charge in [0.1, 0.15) is 0 Å². The maximum atomic E-state index is 11.2. The molecule has 0 spiro atoms. The van der Waals surface area contributed by atoms with E-state index in [1.807, 2.05) is 0 Å². The molecule has 1 aromatic carbocycles. The van der Waals surface area contributed by atoms with Crippen molar-refractivity contribution in [1.29, 1.82) is 0 Å². The van der Waals surface area contributed by atoms with Crippen LogP contribution in [0.2, 0.25) is 0 Å². The second-order valence-electron chi connectivity index (χ2n) is 2.79. The van der Waals surface area contributed by atoms with E-state index in [1.165, 1.54) is 0 Å². The summed E-state index contributed by atoms with van der Waals surface area (Å²) in [6, 6.07) is 5.17. The third-order valence-electron chi connectivity index (χ3n) is 1.56. The van der Waals surface area contributed by atoms with Crippen LogP contribution in [0.3, 0.4) is 0 Å². The van der Waals surface area contributed by atoms with E-state index in [2.05, 4.69) is 37.2 Å². The fourth-order valence-electron chi connectivity index (χ4n) is 0.905. The van der Waals surface area contributed by atoms with Crippen LogP contribution in [0.25, 0.3) is 0 Å². The minimum Gasteiger partial charge on any atom is -0.478 e. The van der Waals surface area contributed by atoms with Crippen LogP contribution in [0.1, 0.15) is 0 Å². The van der Waals surface area contributed by atoms with Crippen LogP contribution in [0.4, 0.5) is 5.69 Å². The van der Waals surface area contributed by atoms with E-state index in [-0.39, 0.29) is 0 Å². The molecule has 16 heavy (non-hydrogen) atoms. The molecule has 1 aromatic rings. The number of rotatable bonds is 3. The van der Waals surface area contributed by atoms with Gasteiger partial charge in [-0.3, -0.25) is 4.79 Å². The van der Waals surface area contributed by atoms with Gasteiger partial charge >= 0.3 is 5.97 Å². The molecule has 4 nitrogen and oxygen atoms in total. The van der Waals surface area contributed by atoms with Gasteiger partial charge in [0.15, 0.2) is 0 Å². The average molecular weight is 349 g/mol. The van der Waals surface area contributed by atoms with Crippen molar-refractivity contribution >= 4 is 49.4 Å². The number of nitrogens with one attached hydrogen (secondary N) is 1. The number of carboxylic acid groups (broad SMARTS) is 1. The zero-order chi connectivity index (χ0) is 12.1. The lowest BCUT2D eigenvalue weighted by molar-refractivity contribution is -0.131. The predicted molar refractivity (Wildman–Crippen MR) is 67.2 cm³/mol. The normalized spacial score (nSPS) is 10.4. The van der Waals surface area contributed by atoms with Crippen LogP contribution in [0, 0.1) is 0 Å². The number of anilines is 1. The van der Waals surface area contributed by atoms with Gasteiger partial charge in [0, 0.05) is 26.8 Å². The Kier molecular flexibility index (Phi) is 4.70. The fourth-order valence-corrected chi connectivity index (χ4v) is 1.53. The van der Waals surface area contributed by atoms with Crippen molar-refractivity contribution in [2.75, 3.05) is 5.32 Å². The number of carbonyl (C=O) groups excluding carboxylic acids is 1. The second-order valence-corrected chi connectivity index (χ2v) is 4.50. The van der Waals surface area contributed by atoms with Gasteiger partial charge in [-0.15, -0.1) is 0 Å². The molecule has 2 N–H and O–H groups in total. The topological polar surface area (TPSA) is 66.4 Å². The Balaban J connectivity index is 2.70. The Labute approximate surface area is 109 Å². The van der Waals surface area contributed by atoms with E-state index in [0.29, 0.717) is 5.69 Å². The molecule has 0 aliphatic heterocycles. The van der Waals surface area contributed by atoms with Gasteiger partial charge in [0.05, 0.1) is 0 Å². The molecule has 84 valence electrons. The molecule has 0 bridgehead atoms. The van der Waals surface area contributed by atoms with Crippen molar-refractivity contribution in [3.05, 3.63) is 39.3 Å². The lowest BCUT2D eigenvalue weighted by Crippen LogP contribution is -2.08. The summed E-state index contributed by atoms with van der Waals surface area (Å²) in [5.74, 6) is -1.65. The number of hydrogen-bond donors (Lipinski definition) is 2. The van der Waals surface area contributed by atoms with Crippen molar-refractivity contribution in [1.82, 2.24) is 0 Å². The molecule has 1 rings (SSSR count). The van der Waals surface area contributed by atoms with Crippen LogP contribution in [-0.2, 0) is 9.59 Å². The molecule has 0 aliphatic rings. The van der Waals surface area contributed by atoms with E-state index in [1.54, 1.807) is 18.2 Å². The number of carbonyl (C=O) groups is 2. The first-order valence-electron chi connectivity index (χ1n) is 4.16. The maximum Gasteiger partial charge on any atom is 0.328 e. The highest BCUT2D eigenvalue weighted by atomic mass is 79.9. The van der Waals surface area contributed by atoms with Crippen molar-refractivity contribution in [2.24, 2.45) is 0 Å². The molecular weight excluding hydrogens is 342 g/mol. The standard InChI is InChI=1S/C10H7Br2NO3/c11-7-2-1-6(5-8(7)12)13-9(14)3-4-10(15)16/h1-5H,(H,13,14)(H,15,16)/b4-3+. The van der Waals surface area contributed by atoms with Crippen molar-refractivity contribution in [2.45, 2.75) is 0 Å². The second kappa shape index (κ2) is 5.81. The van der Waals surface area contributed by atoms with Crippen LogP contribution in [-0.4, -0.2) is 17.0 Å². The quantitative estimate of drug-likeness (QED) is 0.825. The zero-order valence-corrected chi connectivity index (χ0v) is 11.1. The Bertz CT molecular complexity index is 457. The SMILES string of the molecule is O=C(O)/C=C/C(=O)Nc1ccc(Br)c(Br)c1. The highest BCUT2D eigenvalue weighted by Gasteiger charge is 2.01. The summed E-state index contributed by atoms with van der Waals surface area (Å²) in [7, 11) is 0. The lowest BCUT2D eigenvalue weighted by Gasteiger charge is -2.03. The largest absolute Gasteiger partial charge is 0.478 e. The number of hydrogen-bond acceptors (Lipinski definition) is 2. The highest BCUT2D eigenvalue weighted by Crippen LogP contribution is 2.25. The molecule has 6 heteroatoms. The van der Waals surface area contributed by atoms with Gasteiger partial charge in [0.25, 0.3) is 0 Å². The van der Waals surface area contributed by atoms with Gasteiger partial charge in [-0.1, -0.05) is 0 Å². The summed E-state index contributed by atoms with van der Waals surface area (Å²) < 4.78 is 1.67. The molecule has 0 radical (unpaired) electrons. The molecule has 0 aromatic heterocycles. The van der Waals surface area contributed by atoms with Crippen LogP contribution < -0.4 is 5.32 Å². The fraction of sp³-hybridized carbons (Fsp3) is 0. The molecule has 0 heterocycles. The van der Waals surface area contributed by atoms with Crippen LogP contribution in [0.15, 0.2) is 39.3 Å². The molecule has 0 saturated carbocycles. The number of aliphatic carboxylic acids is 1. The Hall–Kier alpha value is -1.14. The number of amides is 1. The Morgan fingerprint density at radius 2 is 1.88 bits per heavy atom. The summed E-state index contributed by atoms with van der Waals surface area (Å²) in [5, 5.41) is 10.9. The third kappa shape index (κ3) is 4.16. The van der Waals surface area contributed by atoms with Gasteiger partial charge in [-0.2, -0.15) is 0 Å². The number of benzene rings is 1. The van der Waals surface area contributed by atoms with Crippen LogP contribution >= 0.6 is 31.9 Å². The zero-order valence-electron chi connectivity index (χ0n) is 7.91. The van der Waals surface area contributed by atoms with Gasteiger partial charge in [0.2, 0.25) is 5.91 Å². The van der Waals surface area contributed by atoms with Gasteiger partial charge in [-0.25, -0.2) is 4.79 Å². The first kappa shape index (κ1) is 12.9. The highest BCUT2D eigenvalue weighted by molar-refractivity contribution is 9.13. The Morgan fingerprint density at radius 1 is 1.19 bits per heavy atom. The molecule has 0 atom stereocenters. The van der Waals surface area contributed by atoms with Crippen molar-refractivity contribution in [3.8, 4) is 0 Å². The monoisotopic (exact) mass is 347 g/mol. The minimum absolute atomic E-state index is 0.489. The molecule has 1 amide bonds. The maximum absolute atomic E-state index is 11.2. The minimum atomic E-state index is -1.16. The Morgan fingerprint density at radius 3 is 2.44 bits per heavy atom. The molecule has 0 aliphatic carbocycles. The molecule has 0 saturated heterocycles. The summed E-state index contributed by atoms with van der Waals surface area (Å²) in [6.45, 7) is 0. The van der Waals surface area contributed by atoms with Gasteiger partial charge in [-0.05, 0) is 50.1 Å². The average Bonchev–Trinajstić information content (AvgIpc) is 2.21. The first-order valence-corrected chi connectivity index (χ1v) is 5.74. The smallest absolute Gasteiger partial charge is 0.328 e. The van der Waals surface area contributed by atoms with Crippen LogP contribution in [0.5, 0.6) is 0 Å². The first-order chi connectivity index (χ1) is 7.49. The summed E-state index contributed by atoms with van der Waals surface area (Å²) in [6.07, 6.45) is 1.74. The summed E-state index contributed by atoms with van der Waals surface area (Å²) in [4.78, 5) is 21.4. The summed E-state index contributed by atoms with van der Waals surface area (Å²) >= 11 is 6.58. The van der Waals surface area contributed by atoms with Gasteiger partial charge < -0.3 is 10.4 Å². The number of halogens is 2. The van der Waals surface area contributed by atoms with Crippen molar-refractivity contribution in [3.63, 3.8) is 0 Å². The molecular formula is C10H7Br2NO3. The van der Waals surface area contributed by atoms with E-state index < -0.39 is 11.9 Å². The van der Waals surface area contributed by atoms with Crippen molar-refractivity contribution < 1.29 is 14.7 Å². The number of carboxylic acids is 1. The molecule has 0 unspecified atom stereocenters. The van der Waals surface area contributed by atoms with E-state index >= 15 is 0 Å². The molecule has 0 fully saturated rings. The third-order valence-corrected chi connectivity index (χ3v) is 3.44. The predicted octanol–water partition coefficient (Wildman–Crippen LogP) is 2.79. The van der Waals surface area contributed by atoms with E-state index in [0.717, 1.165) is 21.1 Å². The van der Waals surface area contributed by atoms with E-state index in [4.69, 9.17) is 5.11 Å². The summed E-state index contributed by atoms with van der Waals surface area (Å²) in [5.41, 5.74) is 0.579. The van der Waals surface area contributed by atoms with E-state index in [9.17, 15) is 9.59 Å². The lowest BCUT2D eigenvalue weighted by atomic mass is 10.3.